The Morgan fingerprint density at radius 3 is 2.65 bits per heavy atom. The molecule has 1 fully saturated rings. The first kappa shape index (κ1) is 13.5. The number of halogens is 3. The lowest BCUT2D eigenvalue weighted by Gasteiger charge is -2.28. The Bertz CT molecular complexity index is 623. The molecule has 1 heterocycles. The van der Waals surface area contributed by atoms with Gasteiger partial charge < -0.3 is 0 Å². The summed E-state index contributed by atoms with van der Waals surface area (Å²) < 4.78 is 41.7. The van der Waals surface area contributed by atoms with E-state index in [1.807, 2.05) is 11.6 Å². The van der Waals surface area contributed by atoms with Gasteiger partial charge in [0, 0.05) is 18.2 Å². The summed E-state index contributed by atoms with van der Waals surface area (Å²) in [6.45, 7) is 1.96. The fourth-order valence-electron chi connectivity index (χ4n) is 2.99. The molecular formula is C15H17F3N2. The van der Waals surface area contributed by atoms with Gasteiger partial charge in [0.15, 0.2) is 0 Å². The van der Waals surface area contributed by atoms with Gasteiger partial charge >= 0.3 is 0 Å². The quantitative estimate of drug-likeness (QED) is 0.793. The third-order valence-electron chi connectivity index (χ3n) is 4.11. The number of benzene rings is 1. The summed E-state index contributed by atoms with van der Waals surface area (Å²) >= 11 is 0. The Labute approximate surface area is 115 Å². The van der Waals surface area contributed by atoms with Crippen LogP contribution in [-0.2, 0) is 6.42 Å². The molecule has 1 aliphatic carbocycles. The molecule has 0 N–H and O–H groups in total. The maximum atomic E-state index is 13.4. The van der Waals surface area contributed by atoms with E-state index in [2.05, 4.69) is 5.10 Å². The minimum absolute atomic E-state index is 0.0112. The van der Waals surface area contributed by atoms with E-state index in [-0.39, 0.29) is 24.7 Å². The first-order valence-corrected chi connectivity index (χ1v) is 7.04. The molecule has 1 saturated carbocycles. The Morgan fingerprint density at radius 2 is 2.00 bits per heavy atom. The zero-order valence-electron chi connectivity index (χ0n) is 11.4. The maximum Gasteiger partial charge on any atom is 0.248 e. The number of nitrogens with zero attached hydrogens (tertiary/aromatic N) is 2. The summed E-state index contributed by atoms with van der Waals surface area (Å²) in [5.41, 5.74) is 1.68. The number of aromatic nitrogens is 2. The Kier molecular flexibility index (Phi) is 3.22. The lowest BCUT2D eigenvalue weighted by Crippen LogP contribution is -2.26. The van der Waals surface area contributed by atoms with E-state index >= 15 is 0 Å². The van der Waals surface area contributed by atoms with Gasteiger partial charge in [0.2, 0.25) is 5.92 Å². The largest absolute Gasteiger partial charge is 0.262 e. The molecule has 2 aromatic rings. The summed E-state index contributed by atoms with van der Waals surface area (Å²) in [5, 5.41) is 5.32. The number of hydrogen-bond donors (Lipinski definition) is 0. The monoisotopic (exact) mass is 282 g/mol. The highest BCUT2D eigenvalue weighted by molar-refractivity contribution is 5.82. The van der Waals surface area contributed by atoms with Crippen LogP contribution in [0.2, 0.25) is 0 Å². The molecule has 0 aliphatic heterocycles. The topological polar surface area (TPSA) is 17.8 Å². The normalized spacial score (nSPS) is 19.6. The predicted molar refractivity (Wildman–Crippen MR) is 71.5 cm³/mol. The summed E-state index contributed by atoms with van der Waals surface area (Å²) in [6, 6.07) is 4.57. The first-order chi connectivity index (χ1) is 9.50. The molecule has 5 heteroatoms. The van der Waals surface area contributed by atoms with E-state index in [1.54, 1.807) is 6.07 Å². The molecule has 0 bridgehead atoms. The van der Waals surface area contributed by atoms with Crippen LogP contribution in [0.15, 0.2) is 18.2 Å². The van der Waals surface area contributed by atoms with Crippen LogP contribution in [0.25, 0.3) is 10.9 Å². The highest BCUT2D eigenvalue weighted by Crippen LogP contribution is 2.39. The van der Waals surface area contributed by atoms with Crippen molar-refractivity contribution in [1.82, 2.24) is 9.78 Å². The van der Waals surface area contributed by atoms with E-state index in [1.165, 1.54) is 12.1 Å². The van der Waals surface area contributed by atoms with Crippen molar-refractivity contribution >= 4 is 10.9 Å². The minimum Gasteiger partial charge on any atom is -0.262 e. The molecule has 0 unspecified atom stereocenters. The van der Waals surface area contributed by atoms with Crippen LogP contribution in [-0.4, -0.2) is 15.7 Å². The molecule has 0 atom stereocenters. The van der Waals surface area contributed by atoms with Crippen molar-refractivity contribution in [3.05, 3.63) is 29.7 Å². The lowest BCUT2D eigenvalue weighted by molar-refractivity contribution is -0.0446. The lowest BCUT2D eigenvalue weighted by atomic mass is 9.92. The van der Waals surface area contributed by atoms with Gasteiger partial charge in [-0.05, 0) is 37.5 Å². The molecule has 1 aromatic heterocycles. The molecule has 1 aromatic carbocycles. The van der Waals surface area contributed by atoms with Crippen molar-refractivity contribution in [2.24, 2.45) is 0 Å². The smallest absolute Gasteiger partial charge is 0.248 e. The second-order valence-electron chi connectivity index (χ2n) is 5.49. The molecule has 0 radical (unpaired) electrons. The van der Waals surface area contributed by atoms with Crippen LogP contribution in [0.1, 0.15) is 44.3 Å². The van der Waals surface area contributed by atoms with Crippen LogP contribution in [0, 0.1) is 5.82 Å². The van der Waals surface area contributed by atoms with Crippen LogP contribution in [0.4, 0.5) is 13.2 Å². The zero-order valence-corrected chi connectivity index (χ0v) is 11.4. The van der Waals surface area contributed by atoms with Crippen LogP contribution >= 0.6 is 0 Å². The van der Waals surface area contributed by atoms with Gasteiger partial charge in [0.05, 0.1) is 17.3 Å². The molecule has 20 heavy (non-hydrogen) atoms. The Hall–Kier alpha value is -1.52. The molecule has 0 amide bonds. The zero-order chi connectivity index (χ0) is 14.3. The fraction of sp³-hybridized carbons (Fsp3) is 0.533. The van der Waals surface area contributed by atoms with E-state index in [0.29, 0.717) is 19.3 Å². The summed E-state index contributed by atoms with van der Waals surface area (Å²) in [5.74, 6) is -2.83. The SMILES string of the molecule is CCc1nn(C2CCC(F)(F)CC2)c2ccc(F)cc12. The second kappa shape index (κ2) is 4.79. The van der Waals surface area contributed by atoms with Gasteiger partial charge in [-0.15, -0.1) is 0 Å². The number of rotatable bonds is 2. The standard InChI is InChI=1S/C15H17F3N2/c1-2-13-12-9-10(16)3-4-14(12)20(19-13)11-5-7-15(17,18)8-6-11/h3-4,9,11H,2,5-8H2,1H3. The van der Waals surface area contributed by atoms with Crippen LogP contribution in [0.5, 0.6) is 0 Å². The first-order valence-electron chi connectivity index (χ1n) is 7.04. The average Bonchev–Trinajstić information content (AvgIpc) is 2.76. The van der Waals surface area contributed by atoms with Gasteiger partial charge in [-0.3, -0.25) is 4.68 Å². The Balaban J connectivity index is 2.00. The molecule has 2 nitrogen and oxygen atoms in total. The molecule has 0 spiro atoms. The Morgan fingerprint density at radius 1 is 1.30 bits per heavy atom. The molecule has 0 saturated heterocycles. The van der Waals surface area contributed by atoms with Crippen molar-refractivity contribution in [2.75, 3.05) is 0 Å². The third kappa shape index (κ3) is 2.30. The third-order valence-corrected chi connectivity index (χ3v) is 4.11. The molecule has 108 valence electrons. The molecule has 3 rings (SSSR count). The average molecular weight is 282 g/mol. The van der Waals surface area contributed by atoms with E-state index in [4.69, 9.17) is 0 Å². The molecule has 1 aliphatic rings. The maximum absolute atomic E-state index is 13.4. The highest BCUT2D eigenvalue weighted by atomic mass is 19.3. The van der Waals surface area contributed by atoms with Gasteiger partial charge in [0.1, 0.15) is 5.82 Å². The van der Waals surface area contributed by atoms with Crippen molar-refractivity contribution in [2.45, 2.75) is 51.0 Å². The van der Waals surface area contributed by atoms with E-state index in [0.717, 1.165) is 16.6 Å². The van der Waals surface area contributed by atoms with E-state index in [9.17, 15) is 13.2 Å². The van der Waals surface area contributed by atoms with Crippen molar-refractivity contribution in [1.29, 1.82) is 0 Å². The van der Waals surface area contributed by atoms with Gasteiger partial charge in [-0.2, -0.15) is 5.10 Å². The highest BCUT2D eigenvalue weighted by Gasteiger charge is 2.36. The number of hydrogen-bond acceptors (Lipinski definition) is 1. The van der Waals surface area contributed by atoms with E-state index < -0.39 is 5.92 Å². The van der Waals surface area contributed by atoms with Crippen molar-refractivity contribution < 1.29 is 13.2 Å². The summed E-state index contributed by atoms with van der Waals surface area (Å²) in [4.78, 5) is 0. The minimum atomic E-state index is -2.54. The van der Waals surface area contributed by atoms with Gasteiger partial charge in [-0.1, -0.05) is 6.92 Å². The number of aryl methyl sites for hydroxylation is 1. The summed E-state index contributed by atoms with van der Waals surface area (Å²) in [6.07, 6.45) is 1.35. The van der Waals surface area contributed by atoms with Crippen LogP contribution < -0.4 is 0 Å². The number of fused-ring (bicyclic) bond motifs is 1. The van der Waals surface area contributed by atoms with Gasteiger partial charge in [0.25, 0.3) is 0 Å². The van der Waals surface area contributed by atoms with Crippen molar-refractivity contribution in [3.8, 4) is 0 Å². The van der Waals surface area contributed by atoms with Crippen molar-refractivity contribution in [3.63, 3.8) is 0 Å². The second-order valence-corrected chi connectivity index (χ2v) is 5.49. The van der Waals surface area contributed by atoms with Gasteiger partial charge in [-0.25, -0.2) is 13.2 Å². The number of alkyl halides is 2. The summed E-state index contributed by atoms with van der Waals surface area (Å²) in [7, 11) is 0. The molecular weight excluding hydrogens is 265 g/mol. The fourth-order valence-corrected chi connectivity index (χ4v) is 2.99. The predicted octanol–water partition coefficient (Wildman–Crippen LogP) is 4.49. The van der Waals surface area contributed by atoms with Crippen LogP contribution in [0.3, 0.4) is 0 Å².